The molecule has 2 heterocycles. The molecule has 0 unspecified atom stereocenters. The number of aromatic nitrogens is 3. The molecule has 2 aliphatic rings. The van der Waals surface area contributed by atoms with E-state index < -0.39 is 0 Å². The Hall–Kier alpha value is -1.92. The number of piperazine rings is 1. The number of rotatable bonds is 7. The molecule has 1 aliphatic heterocycles. The fourth-order valence-electron chi connectivity index (χ4n) is 3.39. The molecule has 1 saturated heterocycles. The highest BCUT2D eigenvalue weighted by Gasteiger charge is 2.29. The lowest BCUT2D eigenvalue weighted by Gasteiger charge is -2.34. The highest BCUT2D eigenvalue weighted by molar-refractivity contribution is 5.20. The monoisotopic (exact) mass is 341 g/mol. The van der Waals surface area contributed by atoms with Gasteiger partial charge in [-0.2, -0.15) is 0 Å². The Morgan fingerprint density at radius 1 is 1.00 bits per heavy atom. The fraction of sp³-hybridized carbons (Fsp3) is 0.579. The van der Waals surface area contributed by atoms with Gasteiger partial charge in [0.1, 0.15) is 24.0 Å². The van der Waals surface area contributed by atoms with Crippen LogP contribution in [0.1, 0.15) is 30.4 Å². The molecule has 1 aromatic heterocycles. The van der Waals surface area contributed by atoms with Crippen LogP contribution >= 0.6 is 0 Å². The Morgan fingerprint density at radius 2 is 1.72 bits per heavy atom. The summed E-state index contributed by atoms with van der Waals surface area (Å²) in [6, 6.07) is 10.0. The van der Waals surface area contributed by atoms with Crippen LogP contribution in [0.4, 0.5) is 0 Å². The van der Waals surface area contributed by atoms with Crippen molar-refractivity contribution in [2.45, 2.75) is 25.3 Å². The lowest BCUT2D eigenvalue weighted by atomic mass is 10.3. The normalized spacial score (nSPS) is 19.2. The first-order valence-corrected chi connectivity index (χ1v) is 9.30. The van der Waals surface area contributed by atoms with Gasteiger partial charge in [-0.25, -0.2) is 0 Å². The van der Waals surface area contributed by atoms with Crippen LogP contribution in [0.25, 0.3) is 0 Å². The van der Waals surface area contributed by atoms with E-state index in [2.05, 4.69) is 31.6 Å². The van der Waals surface area contributed by atoms with E-state index in [0.29, 0.717) is 5.92 Å². The molecule has 25 heavy (non-hydrogen) atoms. The van der Waals surface area contributed by atoms with E-state index in [4.69, 9.17) is 4.74 Å². The van der Waals surface area contributed by atoms with Crippen molar-refractivity contribution in [3.8, 4) is 5.75 Å². The molecular weight excluding hydrogens is 314 g/mol. The topological polar surface area (TPSA) is 46.4 Å². The summed E-state index contributed by atoms with van der Waals surface area (Å²) >= 11 is 0. The first kappa shape index (κ1) is 16.5. The van der Waals surface area contributed by atoms with E-state index in [1.165, 1.54) is 18.7 Å². The molecule has 2 aromatic rings. The van der Waals surface area contributed by atoms with Crippen LogP contribution in [0.15, 0.2) is 30.3 Å². The number of hydrogen-bond donors (Lipinski definition) is 0. The minimum Gasteiger partial charge on any atom is -0.492 e. The second-order valence-electron chi connectivity index (χ2n) is 7.09. The van der Waals surface area contributed by atoms with Crippen LogP contribution in [-0.4, -0.2) is 63.9 Å². The molecule has 6 heteroatoms. The smallest absolute Gasteiger partial charge is 0.146 e. The quantitative estimate of drug-likeness (QED) is 0.770. The zero-order valence-corrected chi connectivity index (χ0v) is 15.0. The third kappa shape index (κ3) is 4.19. The van der Waals surface area contributed by atoms with Crippen LogP contribution in [0.5, 0.6) is 5.75 Å². The van der Waals surface area contributed by atoms with Crippen molar-refractivity contribution in [3.63, 3.8) is 0 Å². The highest BCUT2D eigenvalue weighted by atomic mass is 16.5. The van der Waals surface area contributed by atoms with Gasteiger partial charge in [0.25, 0.3) is 0 Å². The van der Waals surface area contributed by atoms with Crippen molar-refractivity contribution >= 4 is 0 Å². The number of benzene rings is 1. The third-order valence-corrected chi connectivity index (χ3v) is 5.19. The summed E-state index contributed by atoms with van der Waals surface area (Å²) in [4.78, 5) is 4.96. The van der Waals surface area contributed by atoms with Crippen molar-refractivity contribution in [2.24, 2.45) is 7.05 Å². The Bertz CT molecular complexity index is 674. The molecule has 6 nitrogen and oxygen atoms in total. The van der Waals surface area contributed by atoms with Crippen molar-refractivity contribution in [2.75, 3.05) is 39.3 Å². The van der Waals surface area contributed by atoms with E-state index in [0.717, 1.165) is 57.4 Å². The van der Waals surface area contributed by atoms with Gasteiger partial charge in [-0.05, 0) is 25.0 Å². The SMILES string of the molecule is Cn1c(CN2CCN(CCOc3ccccc3)CC2)nnc1C1CC1. The maximum absolute atomic E-state index is 5.80. The molecule has 4 rings (SSSR count). The van der Waals surface area contributed by atoms with Crippen LogP contribution in [0.2, 0.25) is 0 Å². The van der Waals surface area contributed by atoms with E-state index in [1.807, 2.05) is 30.3 Å². The molecular formula is C19H27N5O. The van der Waals surface area contributed by atoms with Crippen LogP contribution in [0.3, 0.4) is 0 Å². The van der Waals surface area contributed by atoms with Crippen LogP contribution in [-0.2, 0) is 13.6 Å². The Labute approximate surface area is 149 Å². The van der Waals surface area contributed by atoms with Crippen molar-refractivity contribution in [1.29, 1.82) is 0 Å². The molecule has 0 radical (unpaired) electrons. The summed E-state index contributed by atoms with van der Waals surface area (Å²) in [6.07, 6.45) is 2.55. The van der Waals surface area contributed by atoms with Gasteiger partial charge in [-0.1, -0.05) is 18.2 Å². The number of ether oxygens (including phenoxy) is 1. The number of nitrogens with zero attached hydrogens (tertiary/aromatic N) is 5. The first-order valence-electron chi connectivity index (χ1n) is 9.30. The Kier molecular flexibility index (Phi) is 4.99. The molecule has 1 aliphatic carbocycles. The van der Waals surface area contributed by atoms with Gasteiger partial charge in [-0.15, -0.1) is 10.2 Å². The third-order valence-electron chi connectivity index (χ3n) is 5.19. The highest BCUT2D eigenvalue weighted by Crippen LogP contribution is 2.38. The van der Waals surface area contributed by atoms with Gasteiger partial charge >= 0.3 is 0 Å². The van der Waals surface area contributed by atoms with Crippen molar-refractivity contribution in [3.05, 3.63) is 42.0 Å². The molecule has 134 valence electrons. The molecule has 0 bridgehead atoms. The zero-order chi connectivity index (χ0) is 17.1. The summed E-state index contributed by atoms with van der Waals surface area (Å²) < 4.78 is 8.01. The van der Waals surface area contributed by atoms with Gasteiger partial charge in [0.15, 0.2) is 0 Å². The molecule has 1 aromatic carbocycles. The summed E-state index contributed by atoms with van der Waals surface area (Å²) in [5.74, 6) is 3.89. The Balaban J connectivity index is 1.19. The van der Waals surface area contributed by atoms with Crippen molar-refractivity contribution < 1.29 is 4.74 Å². The van der Waals surface area contributed by atoms with Gasteiger partial charge in [0.2, 0.25) is 0 Å². The maximum atomic E-state index is 5.80. The van der Waals surface area contributed by atoms with Gasteiger partial charge in [0, 0.05) is 45.7 Å². The second kappa shape index (κ2) is 7.54. The van der Waals surface area contributed by atoms with Gasteiger partial charge in [-0.3, -0.25) is 9.80 Å². The average molecular weight is 341 g/mol. The largest absolute Gasteiger partial charge is 0.492 e. The van der Waals surface area contributed by atoms with E-state index in [9.17, 15) is 0 Å². The molecule has 0 atom stereocenters. The standard InChI is InChI=1S/C19H27N5O/c1-22-18(20-21-19(22)16-7-8-16)15-24-11-9-23(10-12-24)13-14-25-17-5-3-2-4-6-17/h2-6,16H,7-15H2,1H3. The average Bonchev–Trinajstić information content (AvgIpc) is 3.42. The lowest BCUT2D eigenvalue weighted by molar-refractivity contribution is 0.110. The number of para-hydroxylation sites is 1. The summed E-state index contributed by atoms with van der Waals surface area (Å²) in [5.41, 5.74) is 0. The van der Waals surface area contributed by atoms with Crippen molar-refractivity contribution in [1.82, 2.24) is 24.6 Å². The first-order chi connectivity index (χ1) is 12.3. The van der Waals surface area contributed by atoms with Crippen LogP contribution in [0, 0.1) is 0 Å². The minimum absolute atomic E-state index is 0.660. The molecule has 2 fully saturated rings. The number of hydrogen-bond acceptors (Lipinski definition) is 5. The Morgan fingerprint density at radius 3 is 2.44 bits per heavy atom. The molecule has 0 N–H and O–H groups in total. The van der Waals surface area contributed by atoms with Crippen LogP contribution < -0.4 is 4.74 Å². The summed E-state index contributed by atoms with van der Waals surface area (Å²) in [6.45, 7) is 6.98. The fourth-order valence-corrected chi connectivity index (χ4v) is 3.39. The van der Waals surface area contributed by atoms with E-state index in [-0.39, 0.29) is 0 Å². The minimum atomic E-state index is 0.660. The lowest BCUT2D eigenvalue weighted by Crippen LogP contribution is -2.47. The van der Waals surface area contributed by atoms with E-state index >= 15 is 0 Å². The second-order valence-corrected chi connectivity index (χ2v) is 7.09. The summed E-state index contributed by atoms with van der Waals surface area (Å²) in [5, 5.41) is 8.80. The molecule has 1 saturated carbocycles. The van der Waals surface area contributed by atoms with Gasteiger partial charge in [0.05, 0.1) is 6.54 Å². The molecule has 0 amide bonds. The zero-order valence-electron chi connectivity index (χ0n) is 15.0. The maximum Gasteiger partial charge on any atom is 0.146 e. The van der Waals surface area contributed by atoms with E-state index in [1.54, 1.807) is 0 Å². The summed E-state index contributed by atoms with van der Waals surface area (Å²) in [7, 11) is 2.11. The van der Waals surface area contributed by atoms with Gasteiger partial charge < -0.3 is 9.30 Å². The predicted octanol–water partition coefficient (Wildman–Crippen LogP) is 1.89. The predicted molar refractivity (Wildman–Crippen MR) is 96.6 cm³/mol. The molecule has 0 spiro atoms.